The van der Waals surface area contributed by atoms with E-state index < -0.39 is 5.60 Å². The second kappa shape index (κ2) is 5.33. The molecular weight excluding hydrogens is 246 g/mol. The average Bonchev–Trinajstić information content (AvgIpc) is 2.74. The Hall–Kier alpha value is -1.00. The first-order valence-corrected chi connectivity index (χ1v) is 6.72. The normalized spacial score (nSPS) is 17.7. The van der Waals surface area contributed by atoms with Gasteiger partial charge in [0, 0.05) is 24.1 Å². The Morgan fingerprint density at radius 3 is 2.72 bits per heavy atom. The number of carbonyl (C=O) groups excluding carboxylic acids is 1. The van der Waals surface area contributed by atoms with E-state index in [0.29, 0.717) is 12.1 Å². The fourth-order valence-electron chi connectivity index (χ4n) is 2.56. The van der Waals surface area contributed by atoms with Gasteiger partial charge in [-0.1, -0.05) is 18.9 Å². The lowest BCUT2D eigenvalue weighted by Gasteiger charge is -2.28. The van der Waals surface area contributed by atoms with Gasteiger partial charge in [-0.25, -0.2) is 0 Å². The lowest BCUT2D eigenvalue weighted by molar-refractivity contribution is 0.0156. The molecule has 0 spiro atoms. The van der Waals surface area contributed by atoms with Crippen LogP contribution in [0.15, 0.2) is 29.2 Å². The third-order valence-electron chi connectivity index (χ3n) is 3.51. The molecule has 3 nitrogen and oxygen atoms in total. The lowest BCUT2D eigenvalue weighted by Crippen LogP contribution is -2.42. The van der Waals surface area contributed by atoms with E-state index in [1.54, 1.807) is 24.1 Å². The van der Waals surface area contributed by atoms with E-state index in [2.05, 4.69) is 12.6 Å². The maximum absolute atomic E-state index is 12.2. The minimum Gasteiger partial charge on any atom is -0.388 e. The van der Waals surface area contributed by atoms with Crippen molar-refractivity contribution < 1.29 is 9.90 Å². The van der Waals surface area contributed by atoms with Crippen LogP contribution in [0.25, 0.3) is 0 Å². The van der Waals surface area contributed by atoms with Crippen LogP contribution in [0.5, 0.6) is 0 Å². The van der Waals surface area contributed by atoms with Crippen LogP contribution in [0, 0.1) is 0 Å². The van der Waals surface area contributed by atoms with Crippen molar-refractivity contribution in [2.24, 2.45) is 0 Å². The van der Waals surface area contributed by atoms with Crippen molar-refractivity contribution in [1.29, 1.82) is 0 Å². The molecule has 0 bridgehead atoms. The molecule has 0 unspecified atom stereocenters. The van der Waals surface area contributed by atoms with Gasteiger partial charge in [-0.2, -0.15) is 0 Å². The van der Waals surface area contributed by atoms with E-state index in [-0.39, 0.29) is 5.91 Å². The lowest BCUT2D eigenvalue weighted by atomic mass is 10.0. The van der Waals surface area contributed by atoms with Crippen molar-refractivity contribution in [3.05, 3.63) is 29.8 Å². The Balaban J connectivity index is 2.04. The van der Waals surface area contributed by atoms with Crippen LogP contribution in [-0.4, -0.2) is 35.1 Å². The average molecular weight is 265 g/mol. The Morgan fingerprint density at radius 1 is 1.44 bits per heavy atom. The first kappa shape index (κ1) is 13.4. The number of amides is 1. The van der Waals surface area contributed by atoms with E-state index in [1.807, 2.05) is 12.1 Å². The van der Waals surface area contributed by atoms with E-state index >= 15 is 0 Å². The molecule has 1 N–H and O–H groups in total. The number of rotatable bonds is 3. The molecule has 4 heteroatoms. The quantitative estimate of drug-likeness (QED) is 0.824. The third kappa shape index (κ3) is 3.06. The van der Waals surface area contributed by atoms with Crippen molar-refractivity contribution >= 4 is 18.5 Å². The summed E-state index contributed by atoms with van der Waals surface area (Å²) in [6, 6.07) is 7.18. The summed E-state index contributed by atoms with van der Waals surface area (Å²) in [7, 11) is 1.74. The molecule has 18 heavy (non-hydrogen) atoms. The maximum atomic E-state index is 12.2. The molecule has 1 aliphatic rings. The predicted molar refractivity (Wildman–Crippen MR) is 74.1 cm³/mol. The van der Waals surface area contributed by atoms with Crippen molar-refractivity contribution in [3.8, 4) is 0 Å². The van der Waals surface area contributed by atoms with Gasteiger partial charge in [-0.3, -0.25) is 4.79 Å². The molecule has 1 fully saturated rings. The van der Waals surface area contributed by atoms with Crippen LogP contribution in [-0.2, 0) is 0 Å². The highest BCUT2D eigenvalue weighted by Crippen LogP contribution is 2.30. The monoisotopic (exact) mass is 265 g/mol. The number of carbonyl (C=O) groups is 1. The summed E-state index contributed by atoms with van der Waals surface area (Å²) in [5.41, 5.74) is -0.0743. The third-order valence-corrected chi connectivity index (χ3v) is 3.78. The van der Waals surface area contributed by atoms with Crippen LogP contribution >= 0.6 is 12.6 Å². The van der Waals surface area contributed by atoms with Gasteiger partial charge in [0.25, 0.3) is 5.91 Å². The van der Waals surface area contributed by atoms with Gasteiger partial charge in [0.05, 0.1) is 5.60 Å². The van der Waals surface area contributed by atoms with Gasteiger partial charge in [0.1, 0.15) is 0 Å². The van der Waals surface area contributed by atoms with Crippen molar-refractivity contribution in [2.75, 3.05) is 13.6 Å². The predicted octanol–water partition coefficient (Wildman–Crippen LogP) is 2.35. The minimum absolute atomic E-state index is 0.0637. The summed E-state index contributed by atoms with van der Waals surface area (Å²) >= 11 is 4.23. The molecule has 1 saturated carbocycles. The Kier molecular flexibility index (Phi) is 3.97. The highest BCUT2D eigenvalue weighted by Gasteiger charge is 2.33. The molecule has 0 heterocycles. The standard InChI is InChI=1S/C14H19NO2S/c1-15(10-14(17)7-2-3-8-14)13(16)11-5-4-6-12(18)9-11/h4-6,9,17-18H,2-3,7-8,10H2,1H3. The van der Waals surface area contributed by atoms with E-state index in [0.717, 1.165) is 30.6 Å². The number of likely N-dealkylation sites (N-methyl/N-ethyl adjacent to an activating group) is 1. The van der Waals surface area contributed by atoms with Gasteiger partial charge in [-0.05, 0) is 31.0 Å². The topological polar surface area (TPSA) is 40.5 Å². The van der Waals surface area contributed by atoms with Crippen LogP contribution in [0.4, 0.5) is 0 Å². The summed E-state index contributed by atoms with van der Waals surface area (Å²) in [6.07, 6.45) is 3.67. The molecule has 1 aromatic rings. The van der Waals surface area contributed by atoms with Crippen LogP contribution in [0.2, 0.25) is 0 Å². The van der Waals surface area contributed by atoms with Crippen molar-refractivity contribution in [3.63, 3.8) is 0 Å². The van der Waals surface area contributed by atoms with E-state index in [9.17, 15) is 9.90 Å². The Morgan fingerprint density at radius 2 is 2.11 bits per heavy atom. The molecule has 1 aromatic carbocycles. The Labute approximate surface area is 113 Å². The number of aliphatic hydroxyl groups is 1. The van der Waals surface area contributed by atoms with Crippen LogP contribution in [0.3, 0.4) is 0 Å². The van der Waals surface area contributed by atoms with Gasteiger partial charge in [0.15, 0.2) is 0 Å². The van der Waals surface area contributed by atoms with Gasteiger partial charge in [0.2, 0.25) is 0 Å². The first-order chi connectivity index (χ1) is 8.50. The summed E-state index contributed by atoms with van der Waals surface area (Å²) in [6.45, 7) is 0.405. The SMILES string of the molecule is CN(CC1(O)CCCC1)C(=O)c1cccc(S)c1. The number of benzene rings is 1. The van der Waals surface area contributed by atoms with Gasteiger partial charge in [-0.15, -0.1) is 12.6 Å². The van der Waals surface area contributed by atoms with Gasteiger partial charge >= 0.3 is 0 Å². The minimum atomic E-state index is -0.691. The van der Waals surface area contributed by atoms with E-state index in [1.165, 1.54) is 0 Å². The molecule has 98 valence electrons. The van der Waals surface area contributed by atoms with Crippen LogP contribution < -0.4 is 0 Å². The summed E-state index contributed by atoms with van der Waals surface area (Å²) in [5, 5.41) is 10.3. The van der Waals surface area contributed by atoms with E-state index in [4.69, 9.17) is 0 Å². The first-order valence-electron chi connectivity index (χ1n) is 6.27. The largest absolute Gasteiger partial charge is 0.388 e. The highest BCUT2D eigenvalue weighted by molar-refractivity contribution is 7.80. The molecule has 2 rings (SSSR count). The molecule has 1 aliphatic carbocycles. The maximum Gasteiger partial charge on any atom is 0.253 e. The zero-order valence-corrected chi connectivity index (χ0v) is 11.5. The second-order valence-electron chi connectivity index (χ2n) is 5.14. The summed E-state index contributed by atoms with van der Waals surface area (Å²) in [5.74, 6) is -0.0637. The highest BCUT2D eigenvalue weighted by atomic mass is 32.1. The molecule has 0 atom stereocenters. The second-order valence-corrected chi connectivity index (χ2v) is 5.66. The Bertz CT molecular complexity index is 441. The fourth-order valence-corrected chi connectivity index (χ4v) is 2.79. The fraction of sp³-hybridized carbons (Fsp3) is 0.500. The van der Waals surface area contributed by atoms with Crippen LogP contribution in [0.1, 0.15) is 36.0 Å². The number of nitrogens with zero attached hydrogens (tertiary/aromatic N) is 1. The zero-order chi connectivity index (χ0) is 13.2. The zero-order valence-electron chi connectivity index (χ0n) is 10.6. The molecule has 0 aliphatic heterocycles. The van der Waals surface area contributed by atoms with Crippen molar-refractivity contribution in [2.45, 2.75) is 36.2 Å². The summed E-state index contributed by atoms with van der Waals surface area (Å²) < 4.78 is 0. The number of hydrogen-bond donors (Lipinski definition) is 2. The smallest absolute Gasteiger partial charge is 0.253 e. The van der Waals surface area contributed by atoms with Crippen molar-refractivity contribution in [1.82, 2.24) is 4.90 Å². The number of thiol groups is 1. The molecule has 0 saturated heterocycles. The summed E-state index contributed by atoms with van der Waals surface area (Å²) in [4.78, 5) is 14.6. The molecule has 1 amide bonds. The molecule has 0 radical (unpaired) electrons. The number of hydrogen-bond acceptors (Lipinski definition) is 3. The van der Waals surface area contributed by atoms with Gasteiger partial charge < -0.3 is 10.0 Å². The molecule has 0 aromatic heterocycles. The molecular formula is C14H19NO2S.